The summed E-state index contributed by atoms with van der Waals surface area (Å²) in [7, 11) is 1.50. The summed E-state index contributed by atoms with van der Waals surface area (Å²) in [6.45, 7) is 3.90. The van der Waals surface area contributed by atoms with E-state index in [1.54, 1.807) is 24.3 Å². The third-order valence-corrected chi connectivity index (χ3v) is 3.38. The van der Waals surface area contributed by atoms with Crippen LogP contribution in [0.1, 0.15) is 5.56 Å². The predicted molar refractivity (Wildman–Crippen MR) is 99.4 cm³/mol. The zero-order chi connectivity index (χ0) is 19.8. The average Bonchev–Trinajstić information content (AvgIpc) is 2.66. The van der Waals surface area contributed by atoms with Gasteiger partial charge in [-0.1, -0.05) is 18.7 Å². The van der Waals surface area contributed by atoms with Gasteiger partial charge in [-0.05, 0) is 35.9 Å². The molecule has 0 aliphatic carbocycles. The van der Waals surface area contributed by atoms with Gasteiger partial charge in [-0.2, -0.15) is 4.39 Å². The molecule has 0 radical (unpaired) electrons. The Morgan fingerprint density at radius 3 is 2.74 bits per heavy atom. The number of nitro groups is 1. The molecule has 0 aromatic heterocycles. The summed E-state index contributed by atoms with van der Waals surface area (Å²) in [5.74, 6) is -0.465. The van der Waals surface area contributed by atoms with Gasteiger partial charge in [0, 0.05) is 17.8 Å². The summed E-state index contributed by atoms with van der Waals surface area (Å²) in [6.07, 6.45) is 4.39. The van der Waals surface area contributed by atoms with Crippen LogP contribution < -0.4 is 14.8 Å². The number of nitro benzene ring substituents is 1. The lowest BCUT2D eigenvalue weighted by atomic mass is 10.2. The second-order valence-electron chi connectivity index (χ2n) is 5.26. The van der Waals surface area contributed by atoms with Crippen LogP contribution in [0.4, 0.5) is 15.8 Å². The molecule has 0 spiro atoms. The highest BCUT2D eigenvalue weighted by molar-refractivity contribution is 6.02. The van der Waals surface area contributed by atoms with E-state index in [2.05, 4.69) is 11.9 Å². The summed E-state index contributed by atoms with van der Waals surface area (Å²) in [6, 6.07) is 8.23. The van der Waals surface area contributed by atoms with Gasteiger partial charge in [-0.25, -0.2) is 0 Å². The monoisotopic (exact) mass is 372 g/mol. The van der Waals surface area contributed by atoms with E-state index >= 15 is 0 Å². The van der Waals surface area contributed by atoms with Crippen LogP contribution in [0.3, 0.4) is 0 Å². The number of carbonyl (C=O) groups excluding carboxylic acids is 1. The zero-order valence-electron chi connectivity index (χ0n) is 14.5. The molecule has 0 atom stereocenters. The number of amides is 1. The molecule has 0 unspecified atom stereocenters. The van der Waals surface area contributed by atoms with Gasteiger partial charge in [0.2, 0.25) is 11.7 Å². The Balaban J connectivity index is 2.09. The number of hydrogen-bond acceptors (Lipinski definition) is 5. The lowest BCUT2D eigenvalue weighted by Gasteiger charge is -2.09. The predicted octanol–water partition coefficient (Wildman–Crippen LogP) is 3.96. The van der Waals surface area contributed by atoms with Crippen molar-refractivity contribution in [2.24, 2.45) is 0 Å². The first-order chi connectivity index (χ1) is 12.9. The third kappa shape index (κ3) is 5.40. The fourth-order valence-electron chi connectivity index (χ4n) is 2.14. The Morgan fingerprint density at radius 2 is 2.07 bits per heavy atom. The highest BCUT2D eigenvalue weighted by Crippen LogP contribution is 2.28. The van der Waals surface area contributed by atoms with Crippen LogP contribution >= 0.6 is 0 Å². The molecule has 0 heterocycles. The van der Waals surface area contributed by atoms with Gasteiger partial charge < -0.3 is 14.8 Å². The summed E-state index contributed by atoms with van der Waals surface area (Å²) in [5.41, 5.74) is 0.0816. The lowest BCUT2D eigenvalue weighted by molar-refractivity contribution is -0.387. The van der Waals surface area contributed by atoms with Gasteiger partial charge in [0.25, 0.3) is 0 Å². The van der Waals surface area contributed by atoms with Crippen molar-refractivity contribution < 1.29 is 23.6 Å². The SMILES string of the molecule is C=CCOc1ccc(/C=C/C(=O)Nc2ccc(F)c([N+](=O)[O-])c2)cc1OC. The molecule has 8 heteroatoms. The third-order valence-electron chi connectivity index (χ3n) is 3.38. The number of halogens is 1. The molecule has 2 aromatic carbocycles. The molecule has 0 aliphatic rings. The molecular weight excluding hydrogens is 355 g/mol. The van der Waals surface area contributed by atoms with E-state index < -0.39 is 22.3 Å². The fraction of sp³-hybridized carbons (Fsp3) is 0.105. The highest BCUT2D eigenvalue weighted by atomic mass is 19.1. The zero-order valence-corrected chi connectivity index (χ0v) is 14.5. The normalized spacial score (nSPS) is 10.4. The number of hydrogen-bond donors (Lipinski definition) is 1. The van der Waals surface area contributed by atoms with Crippen LogP contribution in [0.25, 0.3) is 6.08 Å². The molecule has 0 aliphatic heterocycles. The first-order valence-corrected chi connectivity index (χ1v) is 7.79. The molecule has 0 fully saturated rings. The van der Waals surface area contributed by atoms with Crippen molar-refractivity contribution in [2.75, 3.05) is 19.0 Å². The largest absolute Gasteiger partial charge is 0.493 e. The maximum Gasteiger partial charge on any atom is 0.306 e. The number of methoxy groups -OCH3 is 1. The van der Waals surface area contributed by atoms with Gasteiger partial charge in [-0.3, -0.25) is 14.9 Å². The Bertz CT molecular complexity index is 896. The van der Waals surface area contributed by atoms with Crippen LogP contribution in [0.15, 0.2) is 55.1 Å². The number of rotatable bonds is 8. The maximum absolute atomic E-state index is 13.3. The van der Waals surface area contributed by atoms with Crippen molar-refractivity contribution >= 4 is 23.4 Å². The number of anilines is 1. The summed E-state index contributed by atoms with van der Waals surface area (Å²) in [5, 5.41) is 13.2. The van der Waals surface area contributed by atoms with Crippen LogP contribution in [0.2, 0.25) is 0 Å². The van der Waals surface area contributed by atoms with Gasteiger partial charge in [-0.15, -0.1) is 0 Å². The lowest BCUT2D eigenvalue weighted by Crippen LogP contribution is -2.08. The van der Waals surface area contributed by atoms with Crippen LogP contribution in [-0.4, -0.2) is 24.5 Å². The van der Waals surface area contributed by atoms with E-state index in [1.165, 1.54) is 25.3 Å². The van der Waals surface area contributed by atoms with Crippen LogP contribution in [0.5, 0.6) is 11.5 Å². The van der Waals surface area contributed by atoms with Crippen molar-refractivity contribution in [1.82, 2.24) is 0 Å². The molecule has 7 nitrogen and oxygen atoms in total. The molecular formula is C19H17FN2O5. The van der Waals surface area contributed by atoms with Crippen LogP contribution in [0, 0.1) is 15.9 Å². The van der Waals surface area contributed by atoms with Gasteiger partial charge >= 0.3 is 5.69 Å². The van der Waals surface area contributed by atoms with Crippen molar-refractivity contribution in [3.8, 4) is 11.5 Å². The number of carbonyl (C=O) groups is 1. The summed E-state index contributed by atoms with van der Waals surface area (Å²) in [4.78, 5) is 21.9. The number of nitrogens with one attached hydrogen (secondary N) is 1. The van der Waals surface area contributed by atoms with Crippen molar-refractivity contribution in [2.45, 2.75) is 0 Å². The molecule has 0 saturated heterocycles. The first kappa shape index (κ1) is 19.6. The summed E-state index contributed by atoms with van der Waals surface area (Å²) < 4.78 is 24.0. The Kier molecular flexibility index (Phi) is 6.65. The van der Waals surface area contributed by atoms with E-state index in [1.807, 2.05) is 0 Å². The number of ether oxygens (including phenoxy) is 2. The molecule has 2 aromatic rings. The minimum Gasteiger partial charge on any atom is -0.493 e. The maximum atomic E-state index is 13.3. The highest BCUT2D eigenvalue weighted by Gasteiger charge is 2.14. The van der Waals surface area contributed by atoms with Gasteiger partial charge in [0.1, 0.15) is 6.61 Å². The molecule has 27 heavy (non-hydrogen) atoms. The first-order valence-electron chi connectivity index (χ1n) is 7.79. The Morgan fingerprint density at radius 1 is 1.30 bits per heavy atom. The van der Waals surface area contributed by atoms with E-state index in [0.29, 0.717) is 23.7 Å². The van der Waals surface area contributed by atoms with Crippen LogP contribution in [-0.2, 0) is 4.79 Å². The van der Waals surface area contributed by atoms with Gasteiger partial charge in [0.15, 0.2) is 11.5 Å². The fourth-order valence-corrected chi connectivity index (χ4v) is 2.14. The molecule has 0 saturated carbocycles. The van der Waals surface area contributed by atoms with Crippen molar-refractivity contribution in [3.63, 3.8) is 0 Å². The minimum atomic E-state index is -0.973. The van der Waals surface area contributed by atoms with E-state index in [-0.39, 0.29) is 5.69 Å². The van der Waals surface area contributed by atoms with E-state index in [0.717, 1.165) is 12.1 Å². The van der Waals surface area contributed by atoms with E-state index in [4.69, 9.17) is 9.47 Å². The molecule has 140 valence electrons. The Hall–Kier alpha value is -3.68. The smallest absolute Gasteiger partial charge is 0.306 e. The number of nitrogens with zero attached hydrogens (tertiary/aromatic N) is 1. The quantitative estimate of drug-likeness (QED) is 0.328. The summed E-state index contributed by atoms with van der Waals surface area (Å²) >= 11 is 0. The number of benzene rings is 2. The second kappa shape index (κ2) is 9.14. The molecule has 2 rings (SSSR count). The topological polar surface area (TPSA) is 90.7 Å². The Labute approximate surface area is 154 Å². The van der Waals surface area contributed by atoms with Gasteiger partial charge in [0.05, 0.1) is 12.0 Å². The minimum absolute atomic E-state index is 0.114. The van der Waals surface area contributed by atoms with Crippen molar-refractivity contribution in [1.29, 1.82) is 0 Å². The van der Waals surface area contributed by atoms with Crippen molar-refractivity contribution in [3.05, 3.63) is 76.6 Å². The van der Waals surface area contributed by atoms with E-state index in [9.17, 15) is 19.3 Å². The molecule has 0 bridgehead atoms. The average molecular weight is 372 g/mol. The second-order valence-corrected chi connectivity index (χ2v) is 5.26. The molecule has 1 N–H and O–H groups in total. The molecule has 1 amide bonds. The standard InChI is InChI=1S/C19H17FN2O5/c1-3-10-27-17-8-4-13(11-18(17)26-2)5-9-19(23)21-14-6-7-15(20)16(12-14)22(24)25/h3-9,11-12H,1,10H2,2H3,(H,21,23)/b9-5+.